The molecule has 0 radical (unpaired) electrons. The van der Waals surface area contributed by atoms with Crippen LogP contribution in [0.1, 0.15) is 22.3 Å². The summed E-state index contributed by atoms with van der Waals surface area (Å²) < 4.78 is 37.7. The number of aryl methyl sites for hydroxylation is 1. The van der Waals surface area contributed by atoms with Gasteiger partial charge in [-0.1, -0.05) is 11.8 Å². The molecule has 2 aromatic rings. The summed E-state index contributed by atoms with van der Waals surface area (Å²) >= 11 is 1.95. The van der Waals surface area contributed by atoms with Crippen LogP contribution in [-0.4, -0.2) is 26.5 Å². The van der Waals surface area contributed by atoms with Gasteiger partial charge in [0.1, 0.15) is 10.7 Å². The van der Waals surface area contributed by atoms with Crippen LogP contribution in [0.5, 0.6) is 0 Å². The van der Waals surface area contributed by atoms with Crippen molar-refractivity contribution >= 4 is 28.9 Å². The van der Waals surface area contributed by atoms with Crippen LogP contribution < -0.4 is 0 Å². The first-order valence-electron chi connectivity index (χ1n) is 6.18. The van der Waals surface area contributed by atoms with E-state index in [4.69, 9.17) is 5.26 Å². The Morgan fingerprint density at radius 2 is 2.22 bits per heavy atom. The summed E-state index contributed by atoms with van der Waals surface area (Å²) in [6.45, 7) is 1.74. The van der Waals surface area contributed by atoms with Gasteiger partial charge in [-0.3, -0.25) is 4.79 Å². The number of alkyl halides is 3. The molecule has 0 fully saturated rings. The third-order valence-electron chi connectivity index (χ3n) is 2.60. The Kier molecular flexibility index (Phi) is 5.33. The Hall–Kier alpha value is -1.99. The van der Waals surface area contributed by atoms with Crippen molar-refractivity contribution in [2.45, 2.75) is 24.2 Å². The van der Waals surface area contributed by atoms with Gasteiger partial charge in [-0.05, 0) is 13.0 Å². The number of carbonyl (C=O) groups is 1. The number of thiazole rings is 1. The fourth-order valence-corrected chi connectivity index (χ4v) is 3.15. The van der Waals surface area contributed by atoms with Crippen LogP contribution in [0.2, 0.25) is 0 Å². The number of aromatic nitrogens is 3. The minimum absolute atomic E-state index is 0.166. The van der Waals surface area contributed by atoms with E-state index in [1.54, 1.807) is 12.3 Å². The van der Waals surface area contributed by atoms with Gasteiger partial charge in [0.15, 0.2) is 16.9 Å². The normalized spacial score (nSPS) is 12.7. The standard InChI is InChI=1S/C13H9F3N4OS2/c1-7-5-22-11(19-7)8(4-17)9(21)6-23-12-18-3-2-10(20-12)13(14,15)16/h2-3,5,8H,6H2,1H3/t8-/m1/s1. The lowest BCUT2D eigenvalue weighted by atomic mass is 10.1. The van der Waals surface area contributed by atoms with Crippen molar-refractivity contribution in [1.29, 1.82) is 5.26 Å². The molecule has 0 aliphatic rings. The largest absolute Gasteiger partial charge is 0.433 e. The fourth-order valence-electron chi connectivity index (χ4n) is 1.56. The molecule has 2 rings (SSSR count). The molecule has 0 saturated carbocycles. The van der Waals surface area contributed by atoms with Crippen LogP contribution in [-0.2, 0) is 11.0 Å². The number of hydrogen-bond acceptors (Lipinski definition) is 7. The van der Waals surface area contributed by atoms with Crippen LogP contribution in [0.3, 0.4) is 0 Å². The lowest BCUT2D eigenvalue weighted by Crippen LogP contribution is -2.14. The van der Waals surface area contributed by atoms with Crippen LogP contribution in [0.15, 0.2) is 22.8 Å². The molecule has 2 heterocycles. The number of ketones is 1. The number of thioether (sulfide) groups is 1. The van der Waals surface area contributed by atoms with Crippen molar-refractivity contribution in [2.75, 3.05) is 5.75 Å². The highest BCUT2D eigenvalue weighted by Gasteiger charge is 2.33. The molecular formula is C13H9F3N4OS2. The second-order valence-electron chi connectivity index (χ2n) is 4.37. The predicted octanol–water partition coefficient (Wildman–Crippen LogP) is 3.23. The summed E-state index contributed by atoms with van der Waals surface area (Å²) in [7, 11) is 0. The van der Waals surface area contributed by atoms with Gasteiger partial charge in [0.2, 0.25) is 0 Å². The smallest absolute Gasteiger partial charge is 0.297 e. The molecule has 0 N–H and O–H groups in total. The molecule has 0 saturated heterocycles. The highest BCUT2D eigenvalue weighted by Crippen LogP contribution is 2.29. The Morgan fingerprint density at radius 1 is 1.48 bits per heavy atom. The molecule has 1 atom stereocenters. The maximum Gasteiger partial charge on any atom is 0.433 e. The first kappa shape index (κ1) is 17.4. The number of nitriles is 1. The molecule has 2 aromatic heterocycles. The van der Waals surface area contributed by atoms with Crippen molar-refractivity contribution in [2.24, 2.45) is 0 Å². The molecule has 5 nitrogen and oxygen atoms in total. The van der Waals surface area contributed by atoms with E-state index in [0.29, 0.717) is 10.7 Å². The summed E-state index contributed by atoms with van der Waals surface area (Å²) in [5.74, 6) is -1.70. The number of Topliss-reactive ketones (excluding diaryl/α,β-unsaturated/α-hetero) is 1. The van der Waals surface area contributed by atoms with E-state index >= 15 is 0 Å². The molecule has 0 amide bonds. The highest BCUT2D eigenvalue weighted by molar-refractivity contribution is 7.99. The molecule has 10 heteroatoms. The zero-order valence-corrected chi connectivity index (χ0v) is 13.3. The molecule has 0 spiro atoms. The average Bonchev–Trinajstić information content (AvgIpc) is 2.91. The molecule has 0 bridgehead atoms. The van der Waals surface area contributed by atoms with Gasteiger partial charge in [-0.2, -0.15) is 18.4 Å². The number of carbonyl (C=O) groups excluding carboxylic acids is 1. The van der Waals surface area contributed by atoms with Crippen molar-refractivity contribution in [3.63, 3.8) is 0 Å². The van der Waals surface area contributed by atoms with Crippen molar-refractivity contribution in [1.82, 2.24) is 15.0 Å². The van der Waals surface area contributed by atoms with E-state index in [2.05, 4.69) is 15.0 Å². The van der Waals surface area contributed by atoms with Gasteiger partial charge >= 0.3 is 6.18 Å². The average molecular weight is 358 g/mol. The third-order valence-corrected chi connectivity index (χ3v) is 4.51. The molecule has 0 unspecified atom stereocenters. The Labute approximate surface area is 137 Å². The van der Waals surface area contributed by atoms with Crippen LogP contribution in [0, 0.1) is 18.3 Å². The summed E-state index contributed by atoms with van der Waals surface area (Å²) in [6, 6.07) is 2.62. The zero-order valence-electron chi connectivity index (χ0n) is 11.7. The summed E-state index contributed by atoms with van der Waals surface area (Å²) in [6.07, 6.45) is -3.59. The van der Waals surface area contributed by atoms with Gasteiger partial charge in [0.25, 0.3) is 0 Å². The van der Waals surface area contributed by atoms with E-state index in [-0.39, 0.29) is 10.9 Å². The van der Waals surface area contributed by atoms with Gasteiger partial charge < -0.3 is 0 Å². The second kappa shape index (κ2) is 7.06. The Bertz CT molecular complexity index is 754. The second-order valence-corrected chi connectivity index (χ2v) is 6.20. The Balaban J connectivity index is 2.05. The maximum atomic E-state index is 12.6. The molecule has 120 valence electrons. The first-order chi connectivity index (χ1) is 10.8. The van der Waals surface area contributed by atoms with E-state index in [1.165, 1.54) is 11.3 Å². The predicted molar refractivity (Wildman–Crippen MR) is 78.0 cm³/mol. The molecule has 0 aromatic carbocycles. The lowest BCUT2D eigenvalue weighted by Gasteiger charge is -2.07. The molecule has 23 heavy (non-hydrogen) atoms. The lowest BCUT2D eigenvalue weighted by molar-refractivity contribution is -0.141. The molecular weight excluding hydrogens is 349 g/mol. The first-order valence-corrected chi connectivity index (χ1v) is 8.05. The van der Waals surface area contributed by atoms with Crippen molar-refractivity contribution in [3.8, 4) is 6.07 Å². The number of rotatable bonds is 5. The van der Waals surface area contributed by atoms with Gasteiger partial charge in [0, 0.05) is 17.3 Å². The van der Waals surface area contributed by atoms with Crippen LogP contribution >= 0.6 is 23.1 Å². The van der Waals surface area contributed by atoms with Crippen LogP contribution in [0.25, 0.3) is 0 Å². The maximum absolute atomic E-state index is 12.6. The summed E-state index contributed by atoms with van der Waals surface area (Å²) in [5, 5.41) is 11.0. The van der Waals surface area contributed by atoms with Gasteiger partial charge in [-0.15, -0.1) is 11.3 Å². The summed E-state index contributed by atoms with van der Waals surface area (Å²) in [5.41, 5.74) is -0.373. The topological polar surface area (TPSA) is 79.5 Å². The fraction of sp³-hybridized carbons (Fsp3) is 0.308. The number of nitrogens with zero attached hydrogens (tertiary/aromatic N) is 4. The molecule has 0 aliphatic heterocycles. The number of halogens is 3. The minimum atomic E-state index is -4.57. The summed E-state index contributed by atoms with van der Waals surface area (Å²) in [4.78, 5) is 23.2. The zero-order chi connectivity index (χ0) is 17.0. The monoisotopic (exact) mass is 358 g/mol. The van der Waals surface area contributed by atoms with Gasteiger partial charge in [-0.25, -0.2) is 15.0 Å². The van der Waals surface area contributed by atoms with Crippen molar-refractivity contribution < 1.29 is 18.0 Å². The van der Waals surface area contributed by atoms with E-state index in [9.17, 15) is 18.0 Å². The van der Waals surface area contributed by atoms with Crippen molar-refractivity contribution in [3.05, 3.63) is 34.0 Å². The van der Waals surface area contributed by atoms with Gasteiger partial charge in [0.05, 0.1) is 11.8 Å². The van der Waals surface area contributed by atoms with E-state index in [1.807, 2.05) is 6.07 Å². The minimum Gasteiger partial charge on any atom is -0.297 e. The quantitative estimate of drug-likeness (QED) is 0.603. The molecule has 0 aliphatic carbocycles. The third kappa shape index (κ3) is 4.49. The highest BCUT2D eigenvalue weighted by atomic mass is 32.2. The van der Waals surface area contributed by atoms with E-state index in [0.717, 1.165) is 24.0 Å². The number of hydrogen-bond donors (Lipinski definition) is 0. The SMILES string of the molecule is Cc1csc([C@H](C#N)C(=O)CSc2nccc(C(F)(F)F)n2)n1. The Morgan fingerprint density at radius 3 is 2.78 bits per heavy atom. The van der Waals surface area contributed by atoms with E-state index < -0.39 is 23.6 Å². The van der Waals surface area contributed by atoms with Crippen LogP contribution in [0.4, 0.5) is 13.2 Å².